The second-order valence-corrected chi connectivity index (χ2v) is 4.53. The molecule has 1 aliphatic carbocycles. The third-order valence-corrected chi connectivity index (χ3v) is 3.54. The van der Waals surface area contributed by atoms with Crippen molar-refractivity contribution in [3.8, 4) is 0 Å². The van der Waals surface area contributed by atoms with Gasteiger partial charge in [0.25, 0.3) is 0 Å². The molecule has 0 saturated heterocycles. The zero-order chi connectivity index (χ0) is 10.7. The van der Waals surface area contributed by atoms with Gasteiger partial charge in [0.1, 0.15) is 0 Å². The van der Waals surface area contributed by atoms with Gasteiger partial charge in [0.15, 0.2) is 0 Å². The van der Waals surface area contributed by atoms with Crippen molar-refractivity contribution in [3.05, 3.63) is 40.4 Å². The summed E-state index contributed by atoms with van der Waals surface area (Å²) in [4.78, 5) is 0. The summed E-state index contributed by atoms with van der Waals surface area (Å²) in [5, 5.41) is 0.903. The molecule has 0 aliphatic heterocycles. The largest absolute Gasteiger partial charge is 0.0837 e. The second kappa shape index (κ2) is 4.85. The first kappa shape index (κ1) is 10.8. The molecule has 0 N–H and O–H groups in total. The van der Waals surface area contributed by atoms with Crippen LogP contribution in [-0.4, -0.2) is 0 Å². The lowest BCUT2D eigenvalue weighted by Crippen LogP contribution is -1.99. The van der Waals surface area contributed by atoms with E-state index in [1.807, 2.05) is 12.1 Å². The molecule has 0 bridgehead atoms. The Bertz CT molecular complexity index is 377. The van der Waals surface area contributed by atoms with Crippen LogP contribution in [0.15, 0.2) is 29.8 Å². The molecular weight excluding hydrogens is 204 g/mol. The Kier molecular flexibility index (Phi) is 3.48. The van der Waals surface area contributed by atoms with Crippen molar-refractivity contribution in [2.75, 3.05) is 0 Å². The highest BCUT2D eigenvalue weighted by atomic mass is 35.5. The van der Waals surface area contributed by atoms with Crippen molar-refractivity contribution in [2.24, 2.45) is 0 Å². The summed E-state index contributed by atoms with van der Waals surface area (Å²) >= 11 is 6.25. The fourth-order valence-electron chi connectivity index (χ4n) is 2.39. The fourth-order valence-corrected chi connectivity index (χ4v) is 2.64. The first-order chi connectivity index (χ1) is 7.33. The molecule has 0 aromatic heterocycles. The Labute approximate surface area is 97.0 Å². The van der Waals surface area contributed by atoms with E-state index in [9.17, 15) is 0 Å². The zero-order valence-electron chi connectivity index (χ0n) is 9.22. The van der Waals surface area contributed by atoms with Crippen LogP contribution in [0.4, 0.5) is 0 Å². The summed E-state index contributed by atoms with van der Waals surface area (Å²) in [5.41, 5.74) is 4.37. The fraction of sp³-hybridized carbons (Fsp3) is 0.429. The average Bonchev–Trinajstić information content (AvgIpc) is 2.30. The maximum absolute atomic E-state index is 6.25. The molecule has 1 aromatic carbocycles. The van der Waals surface area contributed by atoms with Crippen LogP contribution in [0.25, 0.3) is 5.57 Å². The van der Waals surface area contributed by atoms with Crippen molar-refractivity contribution >= 4 is 17.2 Å². The van der Waals surface area contributed by atoms with E-state index in [-0.39, 0.29) is 0 Å². The minimum Gasteiger partial charge on any atom is -0.0837 e. The predicted octanol–water partition coefficient (Wildman–Crippen LogP) is 5.08. The smallest absolute Gasteiger partial charge is 0.0481 e. The molecule has 0 heterocycles. The first-order valence-corrected chi connectivity index (χ1v) is 6.16. The van der Waals surface area contributed by atoms with Crippen LogP contribution in [0.1, 0.15) is 44.6 Å². The molecule has 15 heavy (non-hydrogen) atoms. The summed E-state index contributed by atoms with van der Waals surface area (Å²) in [5.74, 6) is 0. The normalized spacial score (nSPS) is 16.9. The Morgan fingerprint density at radius 1 is 1.13 bits per heavy atom. The second-order valence-electron chi connectivity index (χ2n) is 4.12. The lowest BCUT2D eigenvalue weighted by Gasteiger charge is -2.20. The highest BCUT2D eigenvalue weighted by Gasteiger charge is 2.14. The Morgan fingerprint density at radius 3 is 2.60 bits per heavy atom. The minimum absolute atomic E-state index is 0.903. The molecule has 80 valence electrons. The average molecular weight is 221 g/mol. The first-order valence-electron chi connectivity index (χ1n) is 5.78. The van der Waals surface area contributed by atoms with Crippen molar-refractivity contribution < 1.29 is 0 Å². The molecule has 1 aromatic rings. The molecule has 0 atom stereocenters. The lowest BCUT2D eigenvalue weighted by atomic mass is 9.86. The summed E-state index contributed by atoms with van der Waals surface area (Å²) in [6.45, 7) is 2.25. The maximum Gasteiger partial charge on any atom is 0.0481 e. The Morgan fingerprint density at radius 2 is 1.87 bits per heavy atom. The molecule has 1 heteroatoms. The van der Waals surface area contributed by atoms with Gasteiger partial charge < -0.3 is 0 Å². The van der Waals surface area contributed by atoms with Gasteiger partial charge in [-0.2, -0.15) is 0 Å². The molecule has 0 fully saturated rings. The monoisotopic (exact) mass is 220 g/mol. The number of allylic oxidation sites excluding steroid dienone is 2. The predicted molar refractivity (Wildman–Crippen MR) is 67.1 cm³/mol. The van der Waals surface area contributed by atoms with Crippen LogP contribution in [0.2, 0.25) is 5.02 Å². The van der Waals surface area contributed by atoms with Gasteiger partial charge in [-0.3, -0.25) is 0 Å². The molecule has 0 amide bonds. The number of rotatable bonds is 2. The highest BCUT2D eigenvalue weighted by molar-refractivity contribution is 6.32. The SMILES string of the molecule is CCC1=C(c2ccccc2Cl)CCCC1. The van der Waals surface area contributed by atoms with Gasteiger partial charge in [-0.1, -0.05) is 42.3 Å². The van der Waals surface area contributed by atoms with Crippen molar-refractivity contribution in [3.63, 3.8) is 0 Å². The van der Waals surface area contributed by atoms with E-state index in [4.69, 9.17) is 11.6 Å². The van der Waals surface area contributed by atoms with E-state index < -0.39 is 0 Å². The van der Waals surface area contributed by atoms with Gasteiger partial charge >= 0.3 is 0 Å². The van der Waals surface area contributed by atoms with Gasteiger partial charge in [0.05, 0.1) is 0 Å². The number of hydrogen-bond donors (Lipinski definition) is 0. The van der Waals surface area contributed by atoms with E-state index in [1.54, 1.807) is 5.57 Å². The van der Waals surface area contributed by atoms with Crippen LogP contribution in [0.3, 0.4) is 0 Å². The molecule has 0 radical (unpaired) electrons. The quantitative estimate of drug-likeness (QED) is 0.652. The van der Waals surface area contributed by atoms with E-state index in [2.05, 4.69) is 19.1 Å². The van der Waals surface area contributed by atoms with Crippen LogP contribution in [0, 0.1) is 0 Å². The Balaban J connectivity index is 2.44. The summed E-state index contributed by atoms with van der Waals surface area (Å²) < 4.78 is 0. The topological polar surface area (TPSA) is 0 Å². The zero-order valence-corrected chi connectivity index (χ0v) is 9.98. The minimum atomic E-state index is 0.903. The van der Waals surface area contributed by atoms with Crippen molar-refractivity contribution in [1.29, 1.82) is 0 Å². The van der Waals surface area contributed by atoms with Gasteiger partial charge in [-0.15, -0.1) is 0 Å². The van der Waals surface area contributed by atoms with E-state index in [0.29, 0.717) is 0 Å². The van der Waals surface area contributed by atoms with Gasteiger partial charge in [0.2, 0.25) is 0 Å². The van der Waals surface area contributed by atoms with Crippen LogP contribution >= 0.6 is 11.6 Å². The van der Waals surface area contributed by atoms with Crippen molar-refractivity contribution in [1.82, 2.24) is 0 Å². The highest BCUT2D eigenvalue weighted by Crippen LogP contribution is 2.36. The number of benzene rings is 1. The summed E-state index contributed by atoms with van der Waals surface area (Å²) in [6, 6.07) is 8.22. The third kappa shape index (κ3) is 2.26. The summed E-state index contributed by atoms with van der Waals surface area (Å²) in [7, 11) is 0. The molecule has 2 rings (SSSR count). The standard InChI is InChI=1S/C14H17Cl/c1-2-11-7-3-4-8-12(11)13-9-5-6-10-14(13)15/h5-6,9-10H,2-4,7-8H2,1H3. The van der Waals surface area contributed by atoms with Crippen LogP contribution < -0.4 is 0 Å². The molecular formula is C14H17Cl. The van der Waals surface area contributed by atoms with Crippen LogP contribution in [0.5, 0.6) is 0 Å². The van der Waals surface area contributed by atoms with Gasteiger partial charge in [0, 0.05) is 5.02 Å². The lowest BCUT2D eigenvalue weighted by molar-refractivity contribution is 0.697. The third-order valence-electron chi connectivity index (χ3n) is 3.21. The molecule has 0 saturated carbocycles. The molecule has 0 spiro atoms. The molecule has 0 nitrogen and oxygen atoms in total. The van der Waals surface area contributed by atoms with Gasteiger partial charge in [-0.05, 0) is 49.3 Å². The van der Waals surface area contributed by atoms with E-state index in [1.165, 1.54) is 43.2 Å². The van der Waals surface area contributed by atoms with E-state index in [0.717, 1.165) is 5.02 Å². The maximum atomic E-state index is 6.25. The Hall–Kier alpha value is -0.750. The van der Waals surface area contributed by atoms with Gasteiger partial charge in [-0.25, -0.2) is 0 Å². The van der Waals surface area contributed by atoms with Crippen LogP contribution in [-0.2, 0) is 0 Å². The molecule has 0 unspecified atom stereocenters. The molecule has 1 aliphatic rings. The number of halogens is 1. The van der Waals surface area contributed by atoms with Crippen molar-refractivity contribution in [2.45, 2.75) is 39.0 Å². The summed E-state index contributed by atoms with van der Waals surface area (Å²) in [6.07, 6.45) is 6.28. The number of hydrogen-bond acceptors (Lipinski definition) is 0. The van der Waals surface area contributed by atoms with E-state index >= 15 is 0 Å².